The Kier molecular flexibility index (Phi) is 5.29. The van der Waals surface area contributed by atoms with Gasteiger partial charge in [-0.25, -0.2) is 8.42 Å². The molecule has 24 heavy (non-hydrogen) atoms. The number of halogens is 2. The van der Waals surface area contributed by atoms with E-state index in [0.29, 0.717) is 20.5 Å². The van der Waals surface area contributed by atoms with Gasteiger partial charge >= 0.3 is 0 Å². The van der Waals surface area contributed by atoms with E-state index in [4.69, 9.17) is 8.83 Å². The van der Waals surface area contributed by atoms with Gasteiger partial charge in [0, 0.05) is 8.95 Å². The van der Waals surface area contributed by atoms with Crippen molar-refractivity contribution in [2.24, 2.45) is 0 Å². The molecule has 2 aromatic heterocycles. The van der Waals surface area contributed by atoms with E-state index >= 15 is 0 Å². The van der Waals surface area contributed by atoms with Crippen LogP contribution in [0.4, 0.5) is 0 Å². The molecule has 0 radical (unpaired) electrons. The number of furan rings is 2. The van der Waals surface area contributed by atoms with Crippen LogP contribution < -0.4 is 0 Å². The number of sulfonamides is 1. The lowest BCUT2D eigenvalue weighted by Crippen LogP contribution is -2.30. The third kappa shape index (κ3) is 3.83. The summed E-state index contributed by atoms with van der Waals surface area (Å²) in [5.74, 6) is 1.10. The van der Waals surface area contributed by atoms with E-state index in [9.17, 15) is 8.42 Å². The second kappa shape index (κ2) is 7.26. The summed E-state index contributed by atoms with van der Waals surface area (Å²) in [6.07, 6.45) is 3.03. The minimum absolute atomic E-state index is 0.106. The fourth-order valence-electron chi connectivity index (χ4n) is 2.19. The predicted octanol–water partition coefficient (Wildman–Crippen LogP) is 4.79. The molecule has 0 unspecified atom stereocenters. The molecule has 0 saturated carbocycles. The number of benzene rings is 1. The topological polar surface area (TPSA) is 63.7 Å². The zero-order chi connectivity index (χ0) is 17.2. The molecule has 3 rings (SSSR count). The van der Waals surface area contributed by atoms with Crippen molar-refractivity contribution in [3.8, 4) is 0 Å². The van der Waals surface area contributed by atoms with Crippen molar-refractivity contribution in [3.63, 3.8) is 0 Å². The van der Waals surface area contributed by atoms with Crippen LogP contribution in [0.15, 0.2) is 77.7 Å². The molecule has 5 nitrogen and oxygen atoms in total. The van der Waals surface area contributed by atoms with Gasteiger partial charge in [-0.3, -0.25) is 0 Å². The third-order valence-corrected chi connectivity index (χ3v) is 6.61. The zero-order valence-electron chi connectivity index (χ0n) is 12.4. The average Bonchev–Trinajstić information content (AvgIpc) is 3.22. The molecule has 0 amide bonds. The molecule has 0 N–H and O–H groups in total. The van der Waals surface area contributed by atoms with Crippen molar-refractivity contribution in [3.05, 3.63) is 75.5 Å². The van der Waals surface area contributed by atoms with Crippen molar-refractivity contribution in [2.75, 3.05) is 0 Å². The molecule has 0 aliphatic rings. The Balaban J connectivity index is 2.00. The molecule has 0 aliphatic heterocycles. The van der Waals surface area contributed by atoms with Crippen LogP contribution in [0.5, 0.6) is 0 Å². The second-order valence-corrected chi connectivity index (χ2v) is 8.68. The molecule has 0 bridgehead atoms. The van der Waals surface area contributed by atoms with Crippen molar-refractivity contribution in [1.29, 1.82) is 0 Å². The zero-order valence-corrected chi connectivity index (χ0v) is 16.3. The Morgan fingerprint density at radius 1 is 0.917 bits per heavy atom. The Hall–Kier alpha value is -1.35. The molecule has 0 atom stereocenters. The normalized spacial score (nSPS) is 12.0. The van der Waals surface area contributed by atoms with E-state index in [1.165, 1.54) is 16.8 Å². The first kappa shape index (κ1) is 17.5. The molecule has 0 spiro atoms. The minimum atomic E-state index is -3.77. The summed E-state index contributed by atoms with van der Waals surface area (Å²) in [5.41, 5.74) is 0. The maximum atomic E-state index is 13.1. The van der Waals surface area contributed by atoms with Crippen molar-refractivity contribution < 1.29 is 17.3 Å². The Bertz CT molecular complexity index is 869. The summed E-state index contributed by atoms with van der Waals surface area (Å²) in [4.78, 5) is 0.176. The van der Waals surface area contributed by atoms with Gasteiger partial charge in [0.05, 0.1) is 30.5 Å². The fourth-order valence-corrected chi connectivity index (χ4v) is 5.03. The molecule has 8 heteroatoms. The number of nitrogens with zero attached hydrogens (tertiary/aromatic N) is 1. The van der Waals surface area contributed by atoms with Crippen molar-refractivity contribution >= 4 is 41.9 Å². The van der Waals surface area contributed by atoms with E-state index in [0.717, 1.165) is 0 Å². The highest BCUT2D eigenvalue weighted by Gasteiger charge is 2.28. The number of rotatable bonds is 6. The summed E-state index contributed by atoms with van der Waals surface area (Å²) in [7, 11) is -3.77. The van der Waals surface area contributed by atoms with Gasteiger partial charge in [-0.2, -0.15) is 4.31 Å². The van der Waals surface area contributed by atoms with Gasteiger partial charge in [-0.1, -0.05) is 15.9 Å². The van der Waals surface area contributed by atoms with Gasteiger partial charge in [0.25, 0.3) is 0 Å². The number of hydrogen-bond donors (Lipinski definition) is 0. The van der Waals surface area contributed by atoms with Gasteiger partial charge in [-0.05, 0) is 58.4 Å². The van der Waals surface area contributed by atoms with Crippen LogP contribution in [0.3, 0.4) is 0 Å². The molecular formula is C16H13Br2NO4S. The van der Waals surface area contributed by atoms with Crippen LogP contribution in [-0.4, -0.2) is 12.7 Å². The van der Waals surface area contributed by atoms with Crippen LogP contribution in [0.2, 0.25) is 0 Å². The summed E-state index contributed by atoms with van der Waals surface area (Å²) in [5, 5.41) is 0. The molecule has 1 aromatic carbocycles. The highest BCUT2D eigenvalue weighted by molar-refractivity contribution is 9.11. The first-order valence-corrected chi connectivity index (χ1v) is 9.99. The molecular weight excluding hydrogens is 462 g/mol. The lowest BCUT2D eigenvalue weighted by molar-refractivity contribution is 0.330. The third-order valence-electron chi connectivity index (χ3n) is 3.34. The lowest BCUT2D eigenvalue weighted by atomic mass is 10.4. The van der Waals surface area contributed by atoms with Crippen LogP contribution in [0.1, 0.15) is 11.5 Å². The van der Waals surface area contributed by atoms with Crippen molar-refractivity contribution in [1.82, 2.24) is 4.31 Å². The maximum Gasteiger partial charge on any atom is 0.245 e. The highest BCUT2D eigenvalue weighted by atomic mass is 79.9. The molecule has 126 valence electrons. The first-order valence-electron chi connectivity index (χ1n) is 6.97. The maximum absolute atomic E-state index is 13.1. The van der Waals surface area contributed by atoms with E-state index in [1.807, 2.05) is 0 Å². The van der Waals surface area contributed by atoms with Crippen molar-refractivity contribution in [2.45, 2.75) is 18.0 Å². The van der Waals surface area contributed by atoms with Gasteiger partial charge < -0.3 is 8.83 Å². The monoisotopic (exact) mass is 473 g/mol. The first-order chi connectivity index (χ1) is 11.5. The van der Waals surface area contributed by atoms with Crippen LogP contribution in [0.25, 0.3) is 0 Å². The standard InChI is InChI=1S/C16H13Br2NO4S/c17-12-5-6-15(18)16(9-12)24(20,21)19(10-13-3-1-7-22-13)11-14-4-2-8-23-14/h1-9H,10-11H2. The lowest BCUT2D eigenvalue weighted by Gasteiger charge is -2.21. The van der Waals surface area contributed by atoms with Gasteiger partial charge in [-0.15, -0.1) is 0 Å². The smallest absolute Gasteiger partial charge is 0.245 e. The quantitative estimate of drug-likeness (QED) is 0.515. The highest BCUT2D eigenvalue weighted by Crippen LogP contribution is 2.30. The summed E-state index contributed by atoms with van der Waals surface area (Å²) in [6, 6.07) is 11.9. The Morgan fingerprint density at radius 2 is 1.50 bits per heavy atom. The van der Waals surface area contributed by atoms with Crippen LogP contribution >= 0.6 is 31.9 Å². The van der Waals surface area contributed by atoms with E-state index in [-0.39, 0.29) is 18.0 Å². The van der Waals surface area contributed by atoms with Gasteiger partial charge in [0.2, 0.25) is 10.0 Å². The fraction of sp³-hybridized carbons (Fsp3) is 0.125. The van der Waals surface area contributed by atoms with Crippen LogP contribution in [0, 0.1) is 0 Å². The Morgan fingerprint density at radius 3 is 2.00 bits per heavy atom. The van der Waals surface area contributed by atoms with Gasteiger partial charge in [0.15, 0.2) is 0 Å². The van der Waals surface area contributed by atoms with Gasteiger partial charge in [0.1, 0.15) is 11.5 Å². The predicted molar refractivity (Wildman–Crippen MR) is 95.7 cm³/mol. The summed E-state index contributed by atoms with van der Waals surface area (Å²) < 4.78 is 39.4. The van der Waals surface area contributed by atoms with E-state index in [2.05, 4.69) is 31.9 Å². The SMILES string of the molecule is O=S(=O)(c1cc(Br)ccc1Br)N(Cc1ccco1)Cc1ccco1. The Labute approximate surface area is 156 Å². The summed E-state index contributed by atoms with van der Waals surface area (Å²) >= 11 is 6.64. The van der Waals surface area contributed by atoms with E-state index < -0.39 is 10.0 Å². The molecule has 0 saturated heterocycles. The molecule has 0 aliphatic carbocycles. The average molecular weight is 475 g/mol. The van der Waals surface area contributed by atoms with E-state index in [1.54, 1.807) is 42.5 Å². The molecule has 0 fully saturated rings. The second-order valence-electron chi connectivity index (χ2n) is 5.01. The summed E-state index contributed by atoms with van der Waals surface area (Å²) in [6.45, 7) is 0.212. The number of hydrogen-bond acceptors (Lipinski definition) is 4. The molecule has 2 heterocycles. The van der Waals surface area contributed by atoms with Crippen LogP contribution in [-0.2, 0) is 23.1 Å². The largest absolute Gasteiger partial charge is 0.468 e. The minimum Gasteiger partial charge on any atom is -0.468 e. The molecule has 3 aromatic rings.